The van der Waals surface area contributed by atoms with Gasteiger partial charge in [-0.3, -0.25) is 4.68 Å². The second-order valence-electron chi connectivity index (χ2n) is 5.11. The van der Waals surface area contributed by atoms with Crippen LogP contribution in [0.25, 0.3) is 5.69 Å². The van der Waals surface area contributed by atoms with Crippen molar-refractivity contribution in [3.8, 4) is 17.5 Å². The molecular weight excluding hydrogens is 292 g/mol. The lowest BCUT2D eigenvalue weighted by molar-refractivity contribution is 0.0893. The minimum atomic E-state index is -0.678. The van der Waals surface area contributed by atoms with Crippen LogP contribution in [0.1, 0.15) is 5.56 Å². The molecule has 0 amide bonds. The van der Waals surface area contributed by atoms with E-state index in [-0.39, 0.29) is 6.61 Å². The maximum absolute atomic E-state index is 10.1. The topological polar surface area (TPSA) is 76.0 Å². The summed E-state index contributed by atoms with van der Waals surface area (Å²) in [6.45, 7) is 0.502. The second-order valence-corrected chi connectivity index (χ2v) is 5.11. The van der Waals surface area contributed by atoms with Gasteiger partial charge >= 0.3 is 0 Å². The molecule has 0 radical (unpaired) electrons. The van der Waals surface area contributed by atoms with Gasteiger partial charge in [0.25, 0.3) is 0 Å². The first-order chi connectivity index (χ1) is 11.2. The van der Waals surface area contributed by atoms with Crippen LogP contribution in [0.15, 0.2) is 61.2 Å². The molecule has 23 heavy (non-hydrogen) atoms. The molecule has 0 saturated carbocycles. The Kier molecular flexibility index (Phi) is 4.41. The van der Waals surface area contributed by atoms with Crippen molar-refractivity contribution in [3.05, 3.63) is 66.7 Å². The van der Waals surface area contributed by atoms with Crippen molar-refractivity contribution in [2.75, 3.05) is 6.61 Å². The highest BCUT2D eigenvalue weighted by atomic mass is 16.5. The molecule has 0 spiro atoms. The third-order valence-electron chi connectivity index (χ3n) is 3.35. The largest absolute Gasteiger partial charge is 0.491 e. The van der Waals surface area contributed by atoms with Crippen molar-refractivity contribution in [2.45, 2.75) is 12.6 Å². The summed E-state index contributed by atoms with van der Waals surface area (Å²) in [6, 6.07) is 12.7. The number of aliphatic hydroxyl groups excluding tert-OH is 1. The number of benzene rings is 1. The molecule has 1 atom stereocenters. The molecule has 116 valence electrons. The van der Waals surface area contributed by atoms with Crippen LogP contribution in [0.3, 0.4) is 0 Å². The summed E-state index contributed by atoms with van der Waals surface area (Å²) in [5.41, 5.74) is 1.52. The lowest BCUT2D eigenvalue weighted by Crippen LogP contribution is -2.23. The summed E-state index contributed by atoms with van der Waals surface area (Å²) in [6.07, 6.45) is 6.81. The zero-order chi connectivity index (χ0) is 16.1. The average molecular weight is 308 g/mol. The van der Waals surface area contributed by atoms with E-state index in [2.05, 4.69) is 5.10 Å². The Bertz CT molecular complexity index is 785. The zero-order valence-corrected chi connectivity index (χ0v) is 12.4. The van der Waals surface area contributed by atoms with E-state index in [9.17, 15) is 5.11 Å². The molecule has 1 N–H and O–H groups in total. The number of hydrogen-bond acceptors (Lipinski definition) is 4. The number of nitriles is 1. The Morgan fingerprint density at radius 2 is 1.96 bits per heavy atom. The number of aromatic nitrogens is 3. The van der Waals surface area contributed by atoms with Crippen LogP contribution in [-0.2, 0) is 6.54 Å². The Balaban J connectivity index is 1.53. The van der Waals surface area contributed by atoms with E-state index in [4.69, 9.17) is 10.00 Å². The summed E-state index contributed by atoms with van der Waals surface area (Å²) in [5.74, 6) is 0.622. The molecule has 2 aromatic heterocycles. The number of rotatable bonds is 6. The number of aliphatic hydroxyl groups is 1. The highest BCUT2D eigenvalue weighted by Gasteiger charge is 2.08. The molecule has 3 aromatic rings. The fourth-order valence-electron chi connectivity index (χ4n) is 2.18. The van der Waals surface area contributed by atoms with E-state index < -0.39 is 6.10 Å². The molecule has 0 unspecified atom stereocenters. The summed E-state index contributed by atoms with van der Waals surface area (Å²) >= 11 is 0. The summed E-state index contributed by atoms with van der Waals surface area (Å²) < 4.78 is 9.14. The van der Waals surface area contributed by atoms with Gasteiger partial charge < -0.3 is 14.4 Å². The van der Waals surface area contributed by atoms with Gasteiger partial charge in [0.05, 0.1) is 30.1 Å². The number of ether oxygens (including phenoxy) is 1. The molecule has 0 saturated heterocycles. The van der Waals surface area contributed by atoms with Crippen LogP contribution in [-0.4, -0.2) is 32.2 Å². The third-order valence-corrected chi connectivity index (χ3v) is 3.35. The molecule has 1 aromatic carbocycles. The minimum Gasteiger partial charge on any atom is -0.491 e. The van der Waals surface area contributed by atoms with Gasteiger partial charge in [-0.25, -0.2) is 0 Å². The molecule has 2 heterocycles. The van der Waals surface area contributed by atoms with Crippen molar-refractivity contribution < 1.29 is 9.84 Å². The highest BCUT2D eigenvalue weighted by Crippen LogP contribution is 2.12. The van der Waals surface area contributed by atoms with Gasteiger partial charge in [-0.05, 0) is 36.4 Å². The molecule has 0 aliphatic heterocycles. The molecule has 6 nitrogen and oxygen atoms in total. The first-order valence-electron chi connectivity index (χ1n) is 7.21. The molecule has 0 aliphatic carbocycles. The summed E-state index contributed by atoms with van der Waals surface area (Å²) in [7, 11) is 0. The SMILES string of the molecule is N#Cc1ccc(OC[C@H](O)Cn2cc(-n3cccc3)cn2)cc1. The summed E-state index contributed by atoms with van der Waals surface area (Å²) in [5, 5.41) is 23.0. The normalized spacial score (nSPS) is 11.8. The molecular formula is C17H16N4O2. The minimum absolute atomic E-state index is 0.157. The monoisotopic (exact) mass is 308 g/mol. The quantitative estimate of drug-likeness (QED) is 0.755. The highest BCUT2D eigenvalue weighted by molar-refractivity contribution is 5.34. The standard InChI is InChI=1S/C17H16N4O2/c18-9-14-3-5-17(6-4-14)23-13-16(22)12-21-11-15(10-19-21)20-7-1-2-8-20/h1-8,10-11,16,22H,12-13H2/t16-/m1/s1. The van der Waals surface area contributed by atoms with E-state index >= 15 is 0 Å². The molecule has 6 heteroatoms. The Morgan fingerprint density at radius 3 is 2.65 bits per heavy atom. The van der Waals surface area contributed by atoms with Crippen molar-refractivity contribution >= 4 is 0 Å². The van der Waals surface area contributed by atoms with Crippen LogP contribution in [0.2, 0.25) is 0 Å². The molecule has 3 rings (SSSR count). The van der Waals surface area contributed by atoms with Gasteiger partial charge in [-0.2, -0.15) is 10.4 Å². The van der Waals surface area contributed by atoms with Crippen molar-refractivity contribution in [1.82, 2.24) is 14.3 Å². The first kappa shape index (κ1) is 14.9. The van der Waals surface area contributed by atoms with E-state index in [1.165, 1.54) is 0 Å². The fourth-order valence-corrected chi connectivity index (χ4v) is 2.18. The molecule has 0 bridgehead atoms. The van der Waals surface area contributed by atoms with Gasteiger partial charge in [0.1, 0.15) is 18.5 Å². The van der Waals surface area contributed by atoms with E-state index in [1.807, 2.05) is 41.4 Å². The van der Waals surface area contributed by atoms with Crippen molar-refractivity contribution in [1.29, 1.82) is 5.26 Å². The lowest BCUT2D eigenvalue weighted by atomic mass is 10.2. The maximum atomic E-state index is 10.1. The van der Waals surface area contributed by atoms with Gasteiger partial charge in [0.2, 0.25) is 0 Å². The van der Waals surface area contributed by atoms with Crippen LogP contribution in [0, 0.1) is 11.3 Å². The zero-order valence-electron chi connectivity index (χ0n) is 12.4. The number of hydrogen-bond donors (Lipinski definition) is 1. The van der Waals surface area contributed by atoms with Crippen LogP contribution >= 0.6 is 0 Å². The summed E-state index contributed by atoms with van der Waals surface area (Å²) in [4.78, 5) is 0. The Labute approximate surface area is 133 Å². The van der Waals surface area contributed by atoms with Gasteiger partial charge in [0, 0.05) is 18.6 Å². The predicted octanol–water partition coefficient (Wildman–Crippen LogP) is 1.99. The Hall–Kier alpha value is -3.04. The lowest BCUT2D eigenvalue weighted by Gasteiger charge is -2.12. The molecule has 0 aliphatic rings. The van der Waals surface area contributed by atoms with Crippen molar-refractivity contribution in [2.24, 2.45) is 0 Å². The van der Waals surface area contributed by atoms with Crippen LogP contribution in [0.5, 0.6) is 5.75 Å². The third kappa shape index (κ3) is 3.78. The predicted molar refractivity (Wildman–Crippen MR) is 84.2 cm³/mol. The number of nitrogens with zero attached hydrogens (tertiary/aromatic N) is 4. The molecule has 0 fully saturated rings. The maximum Gasteiger partial charge on any atom is 0.119 e. The fraction of sp³-hybridized carbons (Fsp3) is 0.176. The van der Waals surface area contributed by atoms with Crippen LogP contribution < -0.4 is 4.74 Å². The van der Waals surface area contributed by atoms with Crippen molar-refractivity contribution in [3.63, 3.8) is 0 Å². The van der Waals surface area contributed by atoms with Gasteiger partial charge in [0.15, 0.2) is 0 Å². The Morgan fingerprint density at radius 1 is 1.22 bits per heavy atom. The smallest absolute Gasteiger partial charge is 0.119 e. The second kappa shape index (κ2) is 6.81. The van der Waals surface area contributed by atoms with E-state index in [0.717, 1.165) is 5.69 Å². The first-order valence-corrected chi connectivity index (χ1v) is 7.21. The van der Waals surface area contributed by atoms with Gasteiger partial charge in [-0.1, -0.05) is 0 Å². The van der Waals surface area contributed by atoms with Crippen LogP contribution in [0.4, 0.5) is 0 Å². The van der Waals surface area contributed by atoms with Gasteiger partial charge in [-0.15, -0.1) is 0 Å². The van der Waals surface area contributed by atoms with E-state index in [0.29, 0.717) is 17.9 Å². The average Bonchev–Trinajstić information content (AvgIpc) is 3.24. The van der Waals surface area contributed by atoms with E-state index in [1.54, 1.807) is 35.1 Å².